The average molecular weight is 293 g/mol. The highest BCUT2D eigenvalue weighted by molar-refractivity contribution is 5.02. The minimum absolute atomic E-state index is 0.0228. The maximum Gasteiger partial charge on any atom is 0.103 e. The van der Waals surface area contributed by atoms with Gasteiger partial charge in [-0.05, 0) is 65.6 Å². The van der Waals surface area contributed by atoms with Crippen LogP contribution in [-0.4, -0.2) is 23.8 Å². The van der Waals surface area contributed by atoms with Gasteiger partial charge in [-0.1, -0.05) is 6.92 Å². The Labute approximate surface area is 129 Å². The highest BCUT2D eigenvalue weighted by Crippen LogP contribution is 2.44. The number of aryl methyl sites for hydroxylation is 1. The number of hydrogen-bond donors (Lipinski definition) is 1. The van der Waals surface area contributed by atoms with Gasteiger partial charge in [0.2, 0.25) is 0 Å². The number of rotatable bonds is 7. The van der Waals surface area contributed by atoms with Crippen LogP contribution in [-0.2, 0) is 11.2 Å². The third kappa shape index (κ3) is 4.33. The smallest absolute Gasteiger partial charge is 0.103 e. The van der Waals surface area contributed by atoms with Crippen molar-refractivity contribution in [2.24, 2.45) is 5.92 Å². The van der Waals surface area contributed by atoms with E-state index >= 15 is 0 Å². The highest BCUT2D eigenvalue weighted by atomic mass is 16.5. The molecule has 1 saturated heterocycles. The molecule has 3 nitrogen and oxygen atoms in total. The van der Waals surface area contributed by atoms with Gasteiger partial charge in [0.05, 0.1) is 17.5 Å². The molecule has 0 spiro atoms. The fourth-order valence-corrected chi connectivity index (χ4v) is 3.76. The molecule has 1 N–H and O–H groups in total. The highest BCUT2D eigenvalue weighted by Gasteiger charge is 2.48. The molecule has 1 fully saturated rings. The summed E-state index contributed by atoms with van der Waals surface area (Å²) in [6.07, 6.45) is 6.12. The largest absolute Gasteiger partial charge is 0.469 e. The third-order valence-corrected chi connectivity index (χ3v) is 4.57. The van der Waals surface area contributed by atoms with Crippen molar-refractivity contribution in [1.82, 2.24) is 5.32 Å². The van der Waals surface area contributed by atoms with E-state index in [0.717, 1.165) is 38.0 Å². The molecule has 2 heterocycles. The third-order valence-electron chi connectivity index (χ3n) is 4.57. The number of furan rings is 1. The summed E-state index contributed by atoms with van der Waals surface area (Å²) in [7, 11) is 0. The molecule has 1 aromatic rings. The first-order valence-electron chi connectivity index (χ1n) is 8.30. The summed E-state index contributed by atoms with van der Waals surface area (Å²) in [5.74, 6) is 1.61. The van der Waals surface area contributed by atoms with Crippen molar-refractivity contribution in [1.29, 1.82) is 0 Å². The second kappa shape index (κ2) is 6.53. The first-order valence-corrected chi connectivity index (χ1v) is 8.30. The normalized spacial score (nSPS) is 25.1. The van der Waals surface area contributed by atoms with Crippen LogP contribution >= 0.6 is 0 Å². The standard InChI is InChI=1S/C18H31NO2/c1-6-11-19-16(10-9-14-8-7-12-20-14)15-13-17(2,3)21-18(15,4)5/h7-8,12,15-16,19H,6,9-11,13H2,1-5H3. The summed E-state index contributed by atoms with van der Waals surface area (Å²) in [5.41, 5.74) is -0.0942. The second-order valence-corrected chi connectivity index (χ2v) is 7.45. The van der Waals surface area contributed by atoms with E-state index in [1.807, 2.05) is 6.07 Å². The quantitative estimate of drug-likeness (QED) is 0.819. The molecule has 0 aliphatic carbocycles. The van der Waals surface area contributed by atoms with Crippen LogP contribution in [0.15, 0.2) is 22.8 Å². The summed E-state index contributed by atoms with van der Waals surface area (Å²) in [6.45, 7) is 12.2. The van der Waals surface area contributed by atoms with Crippen molar-refractivity contribution in [3.05, 3.63) is 24.2 Å². The molecule has 3 heteroatoms. The number of nitrogens with one attached hydrogen (secondary N) is 1. The Balaban J connectivity index is 2.04. The lowest BCUT2D eigenvalue weighted by Crippen LogP contribution is -2.44. The number of ether oxygens (including phenoxy) is 1. The van der Waals surface area contributed by atoms with Gasteiger partial charge in [-0.2, -0.15) is 0 Å². The summed E-state index contributed by atoms with van der Waals surface area (Å²) in [6, 6.07) is 4.51. The Hall–Kier alpha value is -0.800. The lowest BCUT2D eigenvalue weighted by atomic mass is 9.79. The van der Waals surface area contributed by atoms with Crippen LogP contribution in [0.1, 0.15) is 59.6 Å². The molecule has 2 unspecified atom stereocenters. The predicted octanol–water partition coefficient (Wildman–Crippen LogP) is 4.17. The van der Waals surface area contributed by atoms with Gasteiger partial charge in [-0.25, -0.2) is 0 Å². The molecule has 0 amide bonds. The van der Waals surface area contributed by atoms with E-state index in [2.05, 4.69) is 46.0 Å². The van der Waals surface area contributed by atoms with Crippen LogP contribution in [0, 0.1) is 5.92 Å². The zero-order chi connectivity index (χ0) is 15.5. The first kappa shape index (κ1) is 16.6. The van der Waals surface area contributed by atoms with E-state index in [0.29, 0.717) is 12.0 Å². The predicted molar refractivity (Wildman–Crippen MR) is 86.5 cm³/mol. The molecule has 1 aromatic heterocycles. The van der Waals surface area contributed by atoms with Gasteiger partial charge in [0.15, 0.2) is 0 Å². The first-order chi connectivity index (χ1) is 9.84. The lowest BCUT2D eigenvalue weighted by Gasteiger charge is -2.33. The van der Waals surface area contributed by atoms with Crippen LogP contribution in [0.2, 0.25) is 0 Å². The van der Waals surface area contributed by atoms with Crippen molar-refractivity contribution in [3.8, 4) is 0 Å². The van der Waals surface area contributed by atoms with Gasteiger partial charge in [-0.3, -0.25) is 0 Å². The molecule has 2 atom stereocenters. The van der Waals surface area contributed by atoms with E-state index in [4.69, 9.17) is 9.15 Å². The van der Waals surface area contributed by atoms with E-state index in [1.165, 1.54) is 0 Å². The summed E-state index contributed by atoms with van der Waals surface area (Å²) in [4.78, 5) is 0. The van der Waals surface area contributed by atoms with Gasteiger partial charge in [0.1, 0.15) is 5.76 Å². The minimum atomic E-state index is -0.0714. The molecule has 1 aliphatic rings. The monoisotopic (exact) mass is 293 g/mol. The van der Waals surface area contributed by atoms with Crippen molar-refractivity contribution in [2.75, 3.05) is 6.54 Å². The van der Waals surface area contributed by atoms with Crippen molar-refractivity contribution < 1.29 is 9.15 Å². The topological polar surface area (TPSA) is 34.4 Å². The van der Waals surface area contributed by atoms with Gasteiger partial charge >= 0.3 is 0 Å². The maximum absolute atomic E-state index is 6.28. The van der Waals surface area contributed by atoms with E-state index in [9.17, 15) is 0 Å². The van der Waals surface area contributed by atoms with Gasteiger partial charge < -0.3 is 14.5 Å². The molecule has 0 radical (unpaired) electrons. The zero-order valence-corrected chi connectivity index (χ0v) is 14.2. The molecule has 0 aromatic carbocycles. The fourth-order valence-electron chi connectivity index (χ4n) is 3.76. The number of hydrogen-bond acceptors (Lipinski definition) is 3. The Kier molecular flexibility index (Phi) is 5.15. The zero-order valence-electron chi connectivity index (χ0n) is 14.2. The van der Waals surface area contributed by atoms with Crippen molar-refractivity contribution in [2.45, 2.75) is 77.5 Å². The minimum Gasteiger partial charge on any atom is -0.469 e. The Morgan fingerprint density at radius 2 is 2.10 bits per heavy atom. The van der Waals surface area contributed by atoms with E-state index in [1.54, 1.807) is 6.26 Å². The van der Waals surface area contributed by atoms with E-state index < -0.39 is 0 Å². The molecular weight excluding hydrogens is 262 g/mol. The summed E-state index contributed by atoms with van der Waals surface area (Å²) in [5, 5.41) is 3.75. The average Bonchev–Trinajstić information content (AvgIpc) is 2.95. The van der Waals surface area contributed by atoms with Crippen molar-refractivity contribution >= 4 is 0 Å². The van der Waals surface area contributed by atoms with Crippen LogP contribution < -0.4 is 5.32 Å². The molecular formula is C18H31NO2. The second-order valence-electron chi connectivity index (χ2n) is 7.45. The maximum atomic E-state index is 6.28. The Bertz CT molecular complexity index is 422. The SMILES string of the molecule is CCCNC(CCc1ccco1)C1CC(C)(C)OC1(C)C. The molecule has 2 rings (SSSR count). The van der Waals surface area contributed by atoms with Crippen LogP contribution in [0.3, 0.4) is 0 Å². The molecule has 0 saturated carbocycles. The van der Waals surface area contributed by atoms with Gasteiger partial charge in [-0.15, -0.1) is 0 Å². The summed E-state index contributed by atoms with van der Waals surface area (Å²) < 4.78 is 11.8. The van der Waals surface area contributed by atoms with Crippen molar-refractivity contribution in [3.63, 3.8) is 0 Å². The van der Waals surface area contributed by atoms with Crippen LogP contribution in [0.4, 0.5) is 0 Å². The van der Waals surface area contributed by atoms with Gasteiger partial charge in [0, 0.05) is 18.4 Å². The summed E-state index contributed by atoms with van der Waals surface area (Å²) >= 11 is 0. The Morgan fingerprint density at radius 1 is 1.33 bits per heavy atom. The van der Waals surface area contributed by atoms with Crippen LogP contribution in [0.25, 0.3) is 0 Å². The molecule has 120 valence electrons. The van der Waals surface area contributed by atoms with Gasteiger partial charge in [0.25, 0.3) is 0 Å². The fraction of sp³-hybridized carbons (Fsp3) is 0.778. The lowest BCUT2D eigenvalue weighted by molar-refractivity contribution is -0.0779. The molecule has 0 bridgehead atoms. The van der Waals surface area contributed by atoms with Crippen LogP contribution in [0.5, 0.6) is 0 Å². The molecule has 1 aliphatic heterocycles. The van der Waals surface area contributed by atoms with E-state index in [-0.39, 0.29) is 11.2 Å². The molecule has 21 heavy (non-hydrogen) atoms. The Morgan fingerprint density at radius 3 is 2.62 bits per heavy atom.